The summed E-state index contributed by atoms with van der Waals surface area (Å²) in [6.45, 7) is 7.38. The van der Waals surface area contributed by atoms with Gasteiger partial charge in [-0.1, -0.05) is 29.8 Å². The lowest BCUT2D eigenvalue weighted by molar-refractivity contribution is -0.137. The van der Waals surface area contributed by atoms with Crippen molar-refractivity contribution in [3.63, 3.8) is 0 Å². The normalized spacial score (nSPS) is 14.1. The van der Waals surface area contributed by atoms with Crippen LogP contribution in [0.2, 0.25) is 5.02 Å². The predicted octanol–water partition coefficient (Wildman–Crippen LogP) is 4.58. The molecule has 0 saturated carbocycles. The SMILES string of the molecule is CCOCCCN1C(=O)C(Nc2ccc(C)c(C)c2)=C(c2ccc(Cl)cc2)C1=O. The summed E-state index contributed by atoms with van der Waals surface area (Å²) < 4.78 is 5.34. The molecule has 0 aromatic heterocycles. The van der Waals surface area contributed by atoms with Gasteiger partial charge in [-0.15, -0.1) is 0 Å². The third-order valence-electron chi connectivity index (χ3n) is 4.95. The van der Waals surface area contributed by atoms with Gasteiger partial charge in [0.2, 0.25) is 0 Å². The van der Waals surface area contributed by atoms with Crippen molar-refractivity contribution in [1.82, 2.24) is 4.90 Å². The molecule has 29 heavy (non-hydrogen) atoms. The molecule has 1 aliphatic heterocycles. The van der Waals surface area contributed by atoms with Gasteiger partial charge in [-0.25, -0.2) is 0 Å². The van der Waals surface area contributed by atoms with Crippen molar-refractivity contribution in [1.29, 1.82) is 0 Å². The number of ether oxygens (including phenoxy) is 1. The largest absolute Gasteiger partial charge is 0.382 e. The fourth-order valence-corrected chi connectivity index (χ4v) is 3.34. The second-order valence-corrected chi connectivity index (χ2v) is 7.43. The van der Waals surface area contributed by atoms with Crippen molar-refractivity contribution in [2.24, 2.45) is 0 Å². The Hall–Kier alpha value is -2.63. The maximum atomic E-state index is 13.1. The lowest BCUT2D eigenvalue weighted by atomic mass is 10.0. The van der Waals surface area contributed by atoms with Crippen LogP contribution in [-0.2, 0) is 14.3 Å². The van der Waals surface area contributed by atoms with Gasteiger partial charge in [-0.3, -0.25) is 14.5 Å². The van der Waals surface area contributed by atoms with E-state index in [0.717, 1.165) is 16.8 Å². The lowest BCUT2D eigenvalue weighted by Crippen LogP contribution is -2.34. The maximum absolute atomic E-state index is 13.1. The van der Waals surface area contributed by atoms with Crippen LogP contribution in [0.5, 0.6) is 0 Å². The summed E-state index contributed by atoms with van der Waals surface area (Å²) in [6, 6.07) is 12.8. The Kier molecular flexibility index (Phi) is 6.72. The van der Waals surface area contributed by atoms with Crippen LogP contribution >= 0.6 is 11.6 Å². The first-order valence-corrected chi connectivity index (χ1v) is 10.1. The molecular formula is C23H25ClN2O3. The fraction of sp³-hybridized carbons (Fsp3) is 0.304. The first-order valence-electron chi connectivity index (χ1n) is 9.70. The van der Waals surface area contributed by atoms with Gasteiger partial charge in [0.25, 0.3) is 11.8 Å². The number of hydrogen-bond acceptors (Lipinski definition) is 4. The Morgan fingerprint density at radius 1 is 1.00 bits per heavy atom. The number of benzene rings is 2. The van der Waals surface area contributed by atoms with Crippen molar-refractivity contribution < 1.29 is 14.3 Å². The van der Waals surface area contributed by atoms with Crippen molar-refractivity contribution in [3.05, 3.63) is 69.9 Å². The summed E-state index contributed by atoms with van der Waals surface area (Å²) in [5, 5.41) is 3.76. The third-order valence-corrected chi connectivity index (χ3v) is 5.20. The molecular weight excluding hydrogens is 388 g/mol. The molecule has 0 unspecified atom stereocenters. The molecule has 152 valence electrons. The molecule has 0 aliphatic carbocycles. The number of imide groups is 1. The summed E-state index contributed by atoms with van der Waals surface area (Å²) in [5.74, 6) is -0.630. The summed E-state index contributed by atoms with van der Waals surface area (Å²) in [6.07, 6.45) is 0.593. The van der Waals surface area contributed by atoms with Gasteiger partial charge in [0.1, 0.15) is 5.70 Å². The summed E-state index contributed by atoms with van der Waals surface area (Å²) in [4.78, 5) is 27.5. The van der Waals surface area contributed by atoms with Crippen LogP contribution in [0.1, 0.15) is 30.0 Å². The Morgan fingerprint density at radius 2 is 1.72 bits per heavy atom. The molecule has 0 atom stereocenters. The second-order valence-electron chi connectivity index (χ2n) is 6.99. The molecule has 1 aliphatic rings. The quantitative estimate of drug-likeness (QED) is 0.509. The molecule has 1 heterocycles. The van der Waals surface area contributed by atoms with Gasteiger partial charge in [-0.2, -0.15) is 0 Å². The number of carbonyl (C=O) groups is 2. The first kappa shape index (κ1) is 21.1. The molecule has 3 rings (SSSR count). The Morgan fingerprint density at radius 3 is 2.38 bits per heavy atom. The molecule has 0 radical (unpaired) electrons. The Bertz CT molecular complexity index is 951. The number of hydrogen-bond donors (Lipinski definition) is 1. The van der Waals surface area contributed by atoms with E-state index in [1.54, 1.807) is 24.3 Å². The van der Waals surface area contributed by atoms with E-state index in [9.17, 15) is 9.59 Å². The van der Waals surface area contributed by atoms with E-state index >= 15 is 0 Å². The molecule has 0 fully saturated rings. The molecule has 2 aromatic rings. The maximum Gasteiger partial charge on any atom is 0.278 e. The second kappa shape index (κ2) is 9.25. The van der Waals surface area contributed by atoms with Crippen molar-refractivity contribution >= 4 is 34.7 Å². The minimum absolute atomic E-state index is 0.289. The summed E-state index contributed by atoms with van der Waals surface area (Å²) >= 11 is 6.00. The van der Waals surface area contributed by atoms with E-state index in [-0.39, 0.29) is 17.5 Å². The average molecular weight is 413 g/mol. The van der Waals surface area contributed by atoms with E-state index in [2.05, 4.69) is 5.32 Å². The molecule has 0 spiro atoms. The van der Waals surface area contributed by atoms with Gasteiger partial charge >= 0.3 is 0 Å². The third kappa shape index (κ3) is 4.69. The van der Waals surface area contributed by atoms with Gasteiger partial charge < -0.3 is 10.1 Å². The van der Waals surface area contributed by atoms with E-state index in [1.165, 1.54) is 4.90 Å². The molecule has 0 bridgehead atoms. The molecule has 2 aromatic carbocycles. The van der Waals surface area contributed by atoms with Crippen LogP contribution in [0.3, 0.4) is 0 Å². The van der Waals surface area contributed by atoms with Crippen LogP contribution in [0.15, 0.2) is 48.2 Å². The molecule has 0 saturated heterocycles. The van der Waals surface area contributed by atoms with Gasteiger partial charge in [-0.05, 0) is 68.1 Å². The highest BCUT2D eigenvalue weighted by molar-refractivity contribution is 6.36. The number of nitrogens with zero attached hydrogens (tertiary/aromatic N) is 1. The predicted molar refractivity (Wildman–Crippen MR) is 116 cm³/mol. The van der Waals surface area contributed by atoms with E-state index < -0.39 is 0 Å². The van der Waals surface area contributed by atoms with Crippen LogP contribution in [0.4, 0.5) is 5.69 Å². The van der Waals surface area contributed by atoms with E-state index in [1.807, 2.05) is 39.0 Å². The molecule has 5 nitrogen and oxygen atoms in total. The monoisotopic (exact) mass is 412 g/mol. The average Bonchev–Trinajstić information content (AvgIpc) is 2.93. The van der Waals surface area contributed by atoms with Gasteiger partial charge in [0.05, 0.1) is 5.57 Å². The minimum atomic E-state index is -0.324. The zero-order chi connectivity index (χ0) is 21.0. The van der Waals surface area contributed by atoms with E-state index in [4.69, 9.17) is 16.3 Å². The highest BCUT2D eigenvalue weighted by Crippen LogP contribution is 2.31. The van der Waals surface area contributed by atoms with Crippen LogP contribution < -0.4 is 5.32 Å². The summed E-state index contributed by atoms with van der Waals surface area (Å²) in [7, 11) is 0. The van der Waals surface area contributed by atoms with Crippen molar-refractivity contribution in [3.8, 4) is 0 Å². The number of halogens is 1. The Labute approximate surface area is 176 Å². The van der Waals surface area contributed by atoms with E-state index in [0.29, 0.717) is 42.3 Å². The number of anilines is 1. The summed E-state index contributed by atoms with van der Waals surface area (Å²) in [5.41, 5.74) is 4.35. The number of carbonyl (C=O) groups excluding carboxylic acids is 2. The zero-order valence-corrected chi connectivity index (χ0v) is 17.7. The van der Waals surface area contributed by atoms with Crippen LogP contribution in [0, 0.1) is 13.8 Å². The van der Waals surface area contributed by atoms with Crippen molar-refractivity contribution in [2.75, 3.05) is 25.1 Å². The standard InChI is InChI=1S/C23H25ClN2O3/c1-4-29-13-5-12-26-22(27)20(17-7-9-18(24)10-8-17)21(23(26)28)25-19-11-6-15(2)16(3)14-19/h6-11,14,25H,4-5,12-13H2,1-3H3. The van der Waals surface area contributed by atoms with Crippen LogP contribution in [-0.4, -0.2) is 36.5 Å². The smallest absolute Gasteiger partial charge is 0.278 e. The number of rotatable bonds is 8. The van der Waals surface area contributed by atoms with Gasteiger partial charge in [0, 0.05) is 30.5 Å². The number of amides is 2. The topological polar surface area (TPSA) is 58.6 Å². The number of nitrogens with one attached hydrogen (secondary N) is 1. The molecule has 6 heteroatoms. The molecule has 1 N–H and O–H groups in total. The van der Waals surface area contributed by atoms with Crippen molar-refractivity contribution in [2.45, 2.75) is 27.2 Å². The van der Waals surface area contributed by atoms with Gasteiger partial charge in [0.15, 0.2) is 0 Å². The lowest BCUT2D eigenvalue weighted by Gasteiger charge is -2.15. The first-order chi connectivity index (χ1) is 13.9. The fourth-order valence-electron chi connectivity index (χ4n) is 3.21. The Balaban J connectivity index is 1.95. The van der Waals surface area contributed by atoms with Crippen LogP contribution in [0.25, 0.3) is 5.57 Å². The zero-order valence-electron chi connectivity index (χ0n) is 16.9. The number of aryl methyl sites for hydroxylation is 2. The highest BCUT2D eigenvalue weighted by Gasteiger charge is 2.38. The molecule has 2 amide bonds. The minimum Gasteiger partial charge on any atom is -0.382 e. The highest BCUT2D eigenvalue weighted by atomic mass is 35.5.